The van der Waals surface area contributed by atoms with E-state index >= 15 is 0 Å². The molecule has 0 bridgehead atoms. The van der Waals surface area contributed by atoms with Crippen LogP contribution < -0.4 is 0 Å². The number of carbonyl (C=O) groups is 1. The molecule has 0 heterocycles. The normalized spacial score (nSPS) is 12.5. The number of nitriles is 2. The van der Waals surface area contributed by atoms with Crippen molar-refractivity contribution in [1.82, 2.24) is 0 Å². The zero-order valence-electron chi connectivity index (χ0n) is 11.5. The van der Waals surface area contributed by atoms with E-state index in [4.69, 9.17) is 15.3 Å². The fourth-order valence-corrected chi connectivity index (χ4v) is 1.83. The van der Waals surface area contributed by atoms with Crippen LogP contribution in [-0.4, -0.2) is 5.97 Å². The molecular weight excluding hydrogens is 283 g/mol. The van der Waals surface area contributed by atoms with Gasteiger partial charge in [0.05, 0.1) is 11.6 Å². The molecular formula is C17H11FN2O2. The van der Waals surface area contributed by atoms with Crippen molar-refractivity contribution in [3.05, 3.63) is 71.3 Å². The number of ether oxygens (including phenoxy) is 1. The van der Waals surface area contributed by atoms with Crippen molar-refractivity contribution in [3.63, 3.8) is 0 Å². The van der Waals surface area contributed by atoms with Gasteiger partial charge in [0.15, 0.2) is 0 Å². The maximum Gasteiger partial charge on any atom is 0.364 e. The molecule has 0 aliphatic rings. The lowest BCUT2D eigenvalue weighted by molar-refractivity contribution is -0.156. The van der Waals surface area contributed by atoms with Gasteiger partial charge in [-0.15, -0.1) is 0 Å². The maximum atomic E-state index is 14.7. The molecule has 2 rings (SSSR count). The molecule has 0 aromatic heterocycles. The number of halogens is 1. The van der Waals surface area contributed by atoms with Crippen LogP contribution in [0.1, 0.15) is 16.7 Å². The third kappa shape index (κ3) is 3.11. The fourth-order valence-electron chi connectivity index (χ4n) is 1.83. The summed E-state index contributed by atoms with van der Waals surface area (Å²) in [5, 5.41) is 17.7. The number of nitrogens with zero attached hydrogens (tertiary/aromatic N) is 2. The van der Waals surface area contributed by atoms with Gasteiger partial charge in [-0.3, -0.25) is 0 Å². The Bertz CT molecular complexity index is 745. The molecule has 1 atom stereocenters. The van der Waals surface area contributed by atoms with E-state index in [2.05, 4.69) is 0 Å². The lowest BCUT2D eigenvalue weighted by atomic mass is 9.96. The van der Waals surface area contributed by atoms with Crippen LogP contribution in [0.15, 0.2) is 54.6 Å². The number of carbonyl (C=O) groups excluding carboxylic acids is 1. The molecule has 5 heteroatoms. The SMILES string of the molecule is N#Cc1ccc(C(F)(C#N)C(=O)OCc2ccccc2)cc1. The summed E-state index contributed by atoms with van der Waals surface area (Å²) < 4.78 is 19.6. The zero-order chi connectivity index (χ0) is 16.0. The van der Waals surface area contributed by atoms with Gasteiger partial charge in [-0.25, -0.2) is 9.18 Å². The van der Waals surface area contributed by atoms with Gasteiger partial charge in [0.1, 0.15) is 12.7 Å². The molecule has 2 aromatic carbocycles. The third-order valence-corrected chi connectivity index (χ3v) is 3.06. The van der Waals surface area contributed by atoms with E-state index in [1.165, 1.54) is 30.3 Å². The zero-order valence-corrected chi connectivity index (χ0v) is 11.5. The Kier molecular flexibility index (Phi) is 4.50. The lowest BCUT2D eigenvalue weighted by Gasteiger charge is -2.16. The van der Waals surface area contributed by atoms with Crippen molar-refractivity contribution in [2.24, 2.45) is 0 Å². The second kappa shape index (κ2) is 6.51. The average molecular weight is 294 g/mol. The van der Waals surface area contributed by atoms with Gasteiger partial charge < -0.3 is 4.74 Å². The fraction of sp³-hybridized carbons (Fsp3) is 0.118. The van der Waals surface area contributed by atoms with Crippen molar-refractivity contribution in [2.75, 3.05) is 0 Å². The summed E-state index contributed by atoms with van der Waals surface area (Å²) in [6.45, 7) is -0.122. The summed E-state index contributed by atoms with van der Waals surface area (Å²) in [5.74, 6) is -1.27. The molecule has 108 valence electrons. The Morgan fingerprint density at radius 2 is 1.73 bits per heavy atom. The van der Waals surface area contributed by atoms with E-state index in [1.807, 2.05) is 6.07 Å². The van der Waals surface area contributed by atoms with Crippen molar-refractivity contribution >= 4 is 5.97 Å². The first-order valence-corrected chi connectivity index (χ1v) is 6.42. The molecule has 0 aliphatic heterocycles. The number of rotatable bonds is 4. The molecule has 0 saturated heterocycles. The quantitative estimate of drug-likeness (QED) is 0.812. The number of alkyl halides is 1. The predicted molar refractivity (Wildman–Crippen MR) is 75.8 cm³/mol. The minimum atomic E-state index is -2.90. The van der Waals surface area contributed by atoms with Crippen LogP contribution in [-0.2, 0) is 21.8 Å². The first-order chi connectivity index (χ1) is 10.6. The Hall–Kier alpha value is -3.18. The predicted octanol–water partition coefficient (Wildman–Crippen LogP) is 2.99. The van der Waals surface area contributed by atoms with Crippen molar-refractivity contribution < 1.29 is 13.9 Å². The molecule has 0 fully saturated rings. The van der Waals surface area contributed by atoms with E-state index in [1.54, 1.807) is 30.3 Å². The molecule has 1 unspecified atom stereocenters. The molecule has 22 heavy (non-hydrogen) atoms. The first kappa shape index (κ1) is 15.2. The smallest absolute Gasteiger partial charge is 0.364 e. The van der Waals surface area contributed by atoms with Crippen LogP contribution in [0.4, 0.5) is 4.39 Å². The van der Waals surface area contributed by atoms with Crippen LogP contribution in [0, 0.1) is 22.7 Å². The van der Waals surface area contributed by atoms with Gasteiger partial charge in [-0.05, 0) is 17.7 Å². The van der Waals surface area contributed by atoms with E-state index in [0.29, 0.717) is 11.1 Å². The number of hydrogen-bond acceptors (Lipinski definition) is 4. The van der Waals surface area contributed by atoms with Crippen LogP contribution in [0.2, 0.25) is 0 Å². The second-order valence-corrected chi connectivity index (χ2v) is 4.52. The highest BCUT2D eigenvalue weighted by atomic mass is 19.1. The third-order valence-electron chi connectivity index (χ3n) is 3.06. The van der Waals surface area contributed by atoms with Gasteiger partial charge in [0.2, 0.25) is 0 Å². The Morgan fingerprint density at radius 1 is 1.09 bits per heavy atom. The van der Waals surface area contributed by atoms with Gasteiger partial charge in [0.25, 0.3) is 0 Å². The van der Waals surface area contributed by atoms with E-state index < -0.39 is 11.6 Å². The summed E-state index contributed by atoms with van der Waals surface area (Å²) >= 11 is 0. The lowest BCUT2D eigenvalue weighted by Crippen LogP contribution is -2.31. The van der Waals surface area contributed by atoms with Crippen molar-refractivity contribution in [1.29, 1.82) is 10.5 Å². The molecule has 0 amide bonds. The minimum absolute atomic E-state index is 0.122. The Balaban J connectivity index is 2.16. The molecule has 2 aromatic rings. The van der Waals surface area contributed by atoms with Gasteiger partial charge >= 0.3 is 11.6 Å². The van der Waals surface area contributed by atoms with E-state index in [9.17, 15) is 9.18 Å². The second-order valence-electron chi connectivity index (χ2n) is 4.52. The highest BCUT2D eigenvalue weighted by molar-refractivity contribution is 5.84. The summed E-state index contributed by atoms with van der Waals surface area (Å²) in [4.78, 5) is 11.9. The minimum Gasteiger partial charge on any atom is -0.457 e. The largest absolute Gasteiger partial charge is 0.457 e. The molecule has 4 nitrogen and oxygen atoms in total. The van der Waals surface area contributed by atoms with Crippen LogP contribution in [0.25, 0.3) is 0 Å². The summed E-state index contributed by atoms with van der Waals surface area (Å²) in [7, 11) is 0. The Morgan fingerprint density at radius 3 is 2.27 bits per heavy atom. The summed E-state index contributed by atoms with van der Waals surface area (Å²) in [5.41, 5.74) is -2.06. The van der Waals surface area contributed by atoms with Gasteiger partial charge in [-0.1, -0.05) is 42.5 Å². The standard InChI is InChI=1S/C17H11FN2O2/c18-17(12-20,15-8-6-13(10-19)7-9-15)16(21)22-11-14-4-2-1-3-5-14/h1-9H,11H2. The summed E-state index contributed by atoms with van der Waals surface area (Å²) in [6, 6.07) is 17.1. The highest BCUT2D eigenvalue weighted by Gasteiger charge is 2.43. The molecule has 0 aliphatic carbocycles. The molecule has 0 radical (unpaired) electrons. The van der Waals surface area contributed by atoms with Crippen LogP contribution in [0.3, 0.4) is 0 Å². The number of esters is 1. The Labute approximate surface area is 127 Å². The molecule has 0 saturated carbocycles. The molecule has 0 spiro atoms. The van der Waals surface area contributed by atoms with E-state index in [-0.39, 0.29) is 12.2 Å². The van der Waals surface area contributed by atoms with Crippen molar-refractivity contribution in [3.8, 4) is 12.1 Å². The average Bonchev–Trinajstić information content (AvgIpc) is 2.59. The monoisotopic (exact) mass is 294 g/mol. The number of benzene rings is 2. The van der Waals surface area contributed by atoms with Crippen LogP contribution in [0.5, 0.6) is 0 Å². The summed E-state index contributed by atoms with van der Waals surface area (Å²) in [6.07, 6.45) is 0. The highest BCUT2D eigenvalue weighted by Crippen LogP contribution is 2.27. The van der Waals surface area contributed by atoms with Gasteiger partial charge in [-0.2, -0.15) is 10.5 Å². The van der Waals surface area contributed by atoms with E-state index in [0.717, 1.165) is 0 Å². The topological polar surface area (TPSA) is 73.9 Å². The number of hydrogen-bond donors (Lipinski definition) is 0. The maximum absolute atomic E-state index is 14.7. The van der Waals surface area contributed by atoms with Gasteiger partial charge in [0, 0.05) is 5.56 Å². The van der Waals surface area contributed by atoms with Crippen LogP contribution >= 0.6 is 0 Å². The first-order valence-electron chi connectivity index (χ1n) is 6.42. The molecule has 0 N–H and O–H groups in total. The van der Waals surface area contributed by atoms with Crippen molar-refractivity contribution in [2.45, 2.75) is 12.3 Å².